The summed E-state index contributed by atoms with van der Waals surface area (Å²) >= 11 is 0. The van der Waals surface area contributed by atoms with E-state index >= 15 is 0 Å². The first-order chi connectivity index (χ1) is 43.0. The summed E-state index contributed by atoms with van der Waals surface area (Å²) in [7, 11) is 1.43. The molecule has 0 amide bonds. The summed E-state index contributed by atoms with van der Waals surface area (Å²) < 4.78 is 34.7. The summed E-state index contributed by atoms with van der Waals surface area (Å²) in [6.45, 7) is 4.14. The van der Waals surface area contributed by atoms with Gasteiger partial charge >= 0.3 is 19.8 Å². The van der Waals surface area contributed by atoms with E-state index < -0.39 is 32.5 Å². The number of hydrogen-bond donors (Lipinski definition) is 1. The number of rotatable bonds is 60. The number of quaternary nitrogens is 1. The van der Waals surface area contributed by atoms with E-state index in [-0.39, 0.29) is 26.1 Å². The third kappa shape index (κ3) is 69.9. The Morgan fingerprint density at radius 3 is 0.909 bits per heavy atom. The molecule has 0 fully saturated rings. The quantitative estimate of drug-likeness (QED) is 0.0211. The van der Waals surface area contributed by atoms with Gasteiger partial charge in [-0.2, -0.15) is 0 Å². The zero-order valence-corrected chi connectivity index (χ0v) is 57.0. The lowest BCUT2D eigenvalue weighted by Gasteiger charge is -2.24. The van der Waals surface area contributed by atoms with Crippen molar-refractivity contribution in [3.05, 3.63) is 194 Å². The summed E-state index contributed by atoms with van der Waals surface area (Å²) in [4.78, 5) is 35.9. The molecule has 0 spiro atoms. The third-order valence-corrected chi connectivity index (χ3v) is 14.6. The number of allylic oxidation sites excluding steroid dienone is 32. The van der Waals surface area contributed by atoms with Gasteiger partial charge in [0.1, 0.15) is 19.8 Å². The Labute approximate surface area is 539 Å². The van der Waals surface area contributed by atoms with Crippen LogP contribution in [-0.2, 0) is 32.7 Å². The molecule has 1 N–H and O–H groups in total. The van der Waals surface area contributed by atoms with Gasteiger partial charge in [0, 0.05) is 12.8 Å². The lowest BCUT2D eigenvalue weighted by molar-refractivity contribution is -0.870. The van der Waals surface area contributed by atoms with Crippen LogP contribution >= 0.6 is 7.82 Å². The molecule has 0 aromatic heterocycles. The van der Waals surface area contributed by atoms with Crippen LogP contribution < -0.4 is 0 Å². The van der Waals surface area contributed by atoms with Crippen LogP contribution in [0.1, 0.15) is 232 Å². The standard InChI is InChI=1S/C78H124NO8P/c1-6-8-10-12-14-16-18-20-22-24-26-28-30-32-34-36-37-38-39-40-41-43-45-47-49-51-53-55-57-59-61-63-65-67-69-71-78(81)87-76(75-86-88(82,83)85-73-72-79(3,4)5)74-84-77(80)70-68-66-64-62-60-58-56-54-52-50-48-46-44-42-35-33-31-29-27-25-23-21-19-17-15-13-11-9-7-2/h8-11,14-17,20-23,26-29,32-35,37-38,40-41,44-47,50,52,56,58,76H,6-7,12-13,18-19,24-25,30-31,36,39,42-43,48-49,51,53-55,57,59-75H2,1-5H3/p+1/b10-8-,11-9-,16-14-,17-15-,22-20-,23-21-,28-26-,29-27-,34-32-,35-33-,38-37-,41-40-,46-44-,47-45-,52-50-,58-56-. The van der Waals surface area contributed by atoms with E-state index in [9.17, 15) is 19.0 Å². The molecule has 494 valence electrons. The van der Waals surface area contributed by atoms with Gasteiger partial charge in [0.2, 0.25) is 0 Å². The molecule has 9 nitrogen and oxygen atoms in total. The Balaban J connectivity index is 4.21. The molecule has 0 aliphatic rings. The molecule has 2 unspecified atom stereocenters. The maximum absolute atomic E-state index is 12.9. The summed E-state index contributed by atoms with van der Waals surface area (Å²) in [5, 5.41) is 0. The Morgan fingerprint density at radius 1 is 0.352 bits per heavy atom. The fraction of sp³-hybridized carbons (Fsp3) is 0.564. The van der Waals surface area contributed by atoms with Gasteiger partial charge in [-0.3, -0.25) is 18.6 Å². The normalized spacial score (nSPS) is 14.4. The van der Waals surface area contributed by atoms with E-state index in [4.69, 9.17) is 18.5 Å². The molecule has 0 radical (unpaired) electrons. The van der Waals surface area contributed by atoms with Crippen LogP contribution in [0.5, 0.6) is 0 Å². The number of carbonyl (C=O) groups excluding carboxylic acids is 2. The van der Waals surface area contributed by atoms with Gasteiger partial charge in [0.25, 0.3) is 0 Å². The van der Waals surface area contributed by atoms with E-state index in [0.29, 0.717) is 23.9 Å². The number of hydrogen-bond acceptors (Lipinski definition) is 7. The minimum Gasteiger partial charge on any atom is -0.462 e. The molecular formula is C78H125NO8P+. The second-order valence-electron chi connectivity index (χ2n) is 23.1. The molecule has 88 heavy (non-hydrogen) atoms. The van der Waals surface area contributed by atoms with E-state index in [2.05, 4.69) is 208 Å². The van der Waals surface area contributed by atoms with Crippen molar-refractivity contribution < 1.29 is 42.1 Å². The van der Waals surface area contributed by atoms with Gasteiger partial charge < -0.3 is 18.9 Å². The summed E-state index contributed by atoms with van der Waals surface area (Å²) in [5.74, 6) is -0.846. The van der Waals surface area contributed by atoms with Crippen molar-refractivity contribution in [1.82, 2.24) is 0 Å². The van der Waals surface area contributed by atoms with E-state index in [1.165, 1.54) is 38.5 Å². The molecule has 0 aromatic carbocycles. The summed E-state index contributed by atoms with van der Waals surface area (Å²) in [6.07, 6.45) is 104. The highest BCUT2D eigenvalue weighted by Crippen LogP contribution is 2.43. The van der Waals surface area contributed by atoms with Crippen LogP contribution in [0.15, 0.2) is 194 Å². The van der Waals surface area contributed by atoms with Crippen molar-refractivity contribution in [3.8, 4) is 0 Å². The van der Waals surface area contributed by atoms with Crippen LogP contribution in [0.2, 0.25) is 0 Å². The molecule has 2 atom stereocenters. The monoisotopic (exact) mass is 1230 g/mol. The second-order valence-corrected chi connectivity index (χ2v) is 24.5. The highest BCUT2D eigenvalue weighted by atomic mass is 31.2. The van der Waals surface area contributed by atoms with E-state index in [1.54, 1.807) is 0 Å². The zero-order chi connectivity index (χ0) is 64.1. The Bertz CT molecular complexity index is 2190. The molecule has 0 rings (SSSR count). The SMILES string of the molecule is CC/C=C\C/C=C\C/C=C\C/C=C\C/C=C\C/C=C\C/C=C\C/C=C\CCCCCCCCCCCCC(=O)OC(COC(=O)CCCCCC/C=C\C/C=C\C/C=C\C/C=C\C/C=C\C/C=C\C/C=C\C/C=C\CC)COP(=O)(O)OCC[N+](C)(C)C. The number of esters is 2. The van der Waals surface area contributed by atoms with Gasteiger partial charge in [-0.1, -0.05) is 272 Å². The number of likely N-dealkylation sites (N-methyl/N-ethyl adjacent to an activating group) is 1. The van der Waals surface area contributed by atoms with Gasteiger partial charge in [-0.15, -0.1) is 0 Å². The Hall–Kier alpha value is -5.15. The Morgan fingerprint density at radius 2 is 0.614 bits per heavy atom. The van der Waals surface area contributed by atoms with Gasteiger partial charge in [0.05, 0.1) is 27.7 Å². The number of unbranched alkanes of at least 4 members (excludes halogenated alkanes) is 14. The molecule has 0 aliphatic heterocycles. The molecule has 0 aliphatic carbocycles. The number of carbonyl (C=O) groups is 2. The van der Waals surface area contributed by atoms with E-state index in [1.807, 2.05) is 21.1 Å². The molecule has 0 bridgehead atoms. The fourth-order valence-electron chi connectivity index (χ4n) is 8.46. The van der Waals surface area contributed by atoms with Gasteiger partial charge in [-0.05, 0) is 141 Å². The fourth-order valence-corrected chi connectivity index (χ4v) is 9.20. The van der Waals surface area contributed by atoms with E-state index in [0.717, 1.165) is 154 Å². The lowest BCUT2D eigenvalue weighted by Crippen LogP contribution is -2.37. The maximum Gasteiger partial charge on any atom is 0.472 e. The largest absolute Gasteiger partial charge is 0.472 e. The molecule has 0 saturated heterocycles. The van der Waals surface area contributed by atoms with Crippen molar-refractivity contribution >= 4 is 19.8 Å². The average molecular weight is 1240 g/mol. The van der Waals surface area contributed by atoms with Gasteiger partial charge in [0.15, 0.2) is 6.10 Å². The Kier molecular flexibility index (Phi) is 62.4. The van der Waals surface area contributed by atoms with Crippen LogP contribution in [-0.4, -0.2) is 74.9 Å². The summed E-state index contributed by atoms with van der Waals surface area (Å²) in [5.41, 5.74) is 0. The minimum atomic E-state index is -4.41. The van der Waals surface area contributed by atoms with Crippen molar-refractivity contribution in [2.24, 2.45) is 0 Å². The topological polar surface area (TPSA) is 108 Å². The highest BCUT2D eigenvalue weighted by molar-refractivity contribution is 7.47. The molecule has 0 heterocycles. The maximum atomic E-state index is 12.9. The van der Waals surface area contributed by atoms with Crippen molar-refractivity contribution in [3.63, 3.8) is 0 Å². The first kappa shape index (κ1) is 82.8. The highest BCUT2D eigenvalue weighted by Gasteiger charge is 2.27. The first-order valence-corrected chi connectivity index (χ1v) is 35.7. The van der Waals surface area contributed by atoms with Crippen LogP contribution in [0.4, 0.5) is 0 Å². The minimum absolute atomic E-state index is 0.0152. The predicted molar refractivity (Wildman–Crippen MR) is 380 cm³/mol. The van der Waals surface area contributed by atoms with Crippen molar-refractivity contribution in [2.75, 3.05) is 47.5 Å². The average Bonchev–Trinajstić information content (AvgIpc) is 3.57. The molecule has 0 aromatic rings. The number of phosphoric acid groups is 1. The van der Waals surface area contributed by atoms with Crippen LogP contribution in [0.25, 0.3) is 0 Å². The number of phosphoric ester groups is 1. The second kappa shape index (κ2) is 66.3. The summed E-state index contributed by atoms with van der Waals surface area (Å²) in [6, 6.07) is 0. The van der Waals surface area contributed by atoms with Crippen molar-refractivity contribution in [2.45, 2.75) is 238 Å². The molecular weight excluding hydrogens is 1110 g/mol. The first-order valence-electron chi connectivity index (χ1n) is 34.2. The third-order valence-electron chi connectivity index (χ3n) is 13.6. The number of ether oxygens (including phenoxy) is 2. The smallest absolute Gasteiger partial charge is 0.462 e. The zero-order valence-electron chi connectivity index (χ0n) is 56.1. The van der Waals surface area contributed by atoms with Crippen molar-refractivity contribution in [1.29, 1.82) is 0 Å². The predicted octanol–water partition coefficient (Wildman–Crippen LogP) is 22.5. The lowest BCUT2D eigenvalue weighted by atomic mass is 10.0. The van der Waals surface area contributed by atoms with Crippen LogP contribution in [0, 0.1) is 0 Å². The number of nitrogens with zero attached hydrogens (tertiary/aromatic N) is 1. The van der Waals surface area contributed by atoms with Crippen LogP contribution in [0.3, 0.4) is 0 Å². The van der Waals surface area contributed by atoms with Gasteiger partial charge in [-0.25, -0.2) is 4.57 Å². The molecule has 0 saturated carbocycles. The molecule has 10 heteroatoms.